The third-order valence-electron chi connectivity index (χ3n) is 5.53. The number of hydrogen-bond acceptors (Lipinski definition) is 3. The Balaban J connectivity index is 2.38. The Hall–Kier alpha value is -0.670. The second kappa shape index (κ2) is 5.27. The average molecular weight is 280 g/mol. The van der Waals surface area contributed by atoms with Gasteiger partial charge in [-0.05, 0) is 38.5 Å². The number of ketones is 1. The molecule has 2 aliphatic carbocycles. The molecule has 2 unspecified atom stereocenters. The molecule has 1 saturated carbocycles. The smallest absolute Gasteiger partial charge is 0.170 e. The van der Waals surface area contributed by atoms with E-state index in [0.717, 1.165) is 19.3 Å². The molecule has 2 rings (SSSR count). The van der Waals surface area contributed by atoms with Crippen molar-refractivity contribution in [3.63, 3.8) is 0 Å². The van der Waals surface area contributed by atoms with Crippen LogP contribution in [-0.2, 0) is 14.3 Å². The molecule has 0 N–H and O–H groups in total. The van der Waals surface area contributed by atoms with Crippen LogP contribution in [0.2, 0.25) is 0 Å². The van der Waals surface area contributed by atoms with Gasteiger partial charge in [0.2, 0.25) is 0 Å². The van der Waals surface area contributed by atoms with E-state index >= 15 is 0 Å². The number of allylic oxidation sites excluding steroid dienone is 2. The largest absolute Gasteiger partial charge is 0.380 e. The van der Waals surface area contributed by atoms with Crippen LogP contribution in [-0.4, -0.2) is 31.7 Å². The van der Waals surface area contributed by atoms with Gasteiger partial charge in [0.15, 0.2) is 5.78 Å². The van der Waals surface area contributed by atoms with E-state index in [1.807, 2.05) is 6.92 Å². The molecule has 0 heterocycles. The van der Waals surface area contributed by atoms with E-state index in [0.29, 0.717) is 0 Å². The molecule has 0 bridgehead atoms. The zero-order valence-electron chi connectivity index (χ0n) is 13.7. The van der Waals surface area contributed by atoms with Crippen LogP contribution >= 0.6 is 0 Å². The van der Waals surface area contributed by atoms with E-state index in [1.165, 1.54) is 5.57 Å². The number of fused-ring (bicyclic) bond motifs is 1. The molecule has 1 fully saturated rings. The second-order valence-corrected chi connectivity index (χ2v) is 7.25. The minimum Gasteiger partial charge on any atom is -0.380 e. The van der Waals surface area contributed by atoms with Crippen molar-refractivity contribution < 1.29 is 14.3 Å². The molecular weight excluding hydrogens is 252 g/mol. The van der Waals surface area contributed by atoms with Crippen molar-refractivity contribution in [1.29, 1.82) is 0 Å². The van der Waals surface area contributed by atoms with E-state index in [2.05, 4.69) is 26.8 Å². The number of hydrogen-bond donors (Lipinski definition) is 0. The number of carbonyl (C=O) groups is 1. The lowest BCUT2D eigenvalue weighted by Crippen LogP contribution is -2.67. The Labute approximate surface area is 122 Å². The maximum absolute atomic E-state index is 12.6. The maximum atomic E-state index is 12.6. The lowest BCUT2D eigenvalue weighted by atomic mass is 9.54. The Morgan fingerprint density at radius 1 is 1.25 bits per heavy atom. The first-order valence-corrected chi connectivity index (χ1v) is 7.56. The first-order chi connectivity index (χ1) is 9.28. The number of rotatable bonds is 2. The molecular formula is C17H28O3. The summed E-state index contributed by atoms with van der Waals surface area (Å²) in [7, 11) is 3.38. The fourth-order valence-electron chi connectivity index (χ4n) is 3.99. The number of ether oxygens (including phenoxy) is 2. The molecule has 0 aliphatic heterocycles. The van der Waals surface area contributed by atoms with Crippen molar-refractivity contribution in [2.45, 2.75) is 58.7 Å². The summed E-state index contributed by atoms with van der Waals surface area (Å²) in [4.78, 5) is 12.6. The molecule has 0 saturated heterocycles. The van der Waals surface area contributed by atoms with Gasteiger partial charge in [0.05, 0.1) is 12.0 Å². The maximum Gasteiger partial charge on any atom is 0.170 e. The summed E-state index contributed by atoms with van der Waals surface area (Å²) >= 11 is 0. The van der Waals surface area contributed by atoms with Gasteiger partial charge in [0.25, 0.3) is 0 Å². The van der Waals surface area contributed by atoms with Gasteiger partial charge in [-0.1, -0.05) is 25.5 Å². The summed E-state index contributed by atoms with van der Waals surface area (Å²) in [5.74, 6) is 0.439. The van der Waals surface area contributed by atoms with Crippen LogP contribution in [0.1, 0.15) is 47.0 Å². The first-order valence-electron chi connectivity index (χ1n) is 7.56. The highest BCUT2D eigenvalue weighted by atomic mass is 16.5. The van der Waals surface area contributed by atoms with Crippen LogP contribution in [0.4, 0.5) is 0 Å². The first kappa shape index (κ1) is 15.7. The number of Topliss-reactive ketones (excluding diaryl/α,β-unsaturated/α-hetero) is 1. The van der Waals surface area contributed by atoms with Crippen molar-refractivity contribution in [2.24, 2.45) is 17.3 Å². The number of carbonyl (C=O) groups excluding carboxylic acids is 1. The van der Waals surface area contributed by atoms with Crippen molar-refractivity contribution in [3.05, 3.63) is 11.6 Å². The van der Waals surface area contributed by atoms with Crippen molar-refractivity contribution in [2.75, 3.05) is 14.2 Å². The number of methoxy groups -OCH3 is 2. The highest BCUT2D eigenvalue weighted by molar-refractivity contribution is 5.96. The molecule has 0 aromatic heterocycles. The average Bonchev–Trinajstić information content (AvgIpc) is 2.46. The molecule has 0 spiro atoms. The van der Waals surface area contributed by atoms with Crippen LogP contribution in [0.3, 0.4) is 0 Å². The highest BCUT2D eigenvalue weighted by Gasteiger charge is 2.63. The summed E-state index contributed by atoms with van der Waals surface area (Å²) in [5.41, 5.74) is 0.752. The van der Waals surface area contributed by atoms with Crippen LogP contribution in [0.25, 0.3) is 0 Å². The molecule has 0 amide bonds. The summed E-state index contributed by atoms with van der Waals surface area (Å²) in [5, 5.41) is 0. The van der Waals surface area contributed by atoms with Gasteiger partial charge in [-0.25, -0.2) is 0 Å². The van der Waals surface area contributed by atoms with Gasteiger partial charge in [-0.3, -0.25) is 4.79 Å². The normalized spacial score (nSPS) is 43.4. The van der Waals surface area contributed by atoms with Crippen LogP contribution < -0.4 is 0 Å². The molecule has 3 nitrogen and oxygen atoms in total. The Morgan fingerprint density at radius 2 is 1.90 bits per heavy atom. The van der Waals surface area contributed by atoms with Crippen molar-refractivity contribution >= 4 is 5.78 Å². The molecule has 0 aromatic rings. The quantitative estimate of drug-likeness (QED) is 0.727. The molecule has 3 heteroatoms. The minimum atomic E-state index is -0.623. The molecule has 2 aliphatic rings. The van der Waals surface area contributed by atoms with E-state index < -0.39 is 5.60 Å². The van der Waals surface area contributed by atoms with Gasteiger partial charge in [-0.15, -0.1) is 0 Å². The second-order valence-electron chi connectivity index (χ2n) is 7.25. The summed E-state index contributed by atoms with van der Waals surface area (Å²) in [6, 6.07) is 0. The molecule has 4 atom stereocenters. The van der Waals surface area contributed by atoms with Crippen LogP contribution in [0.5, 0.6) is 0 Å². The van der Waals surface area contributed by atoms with Gasteiger partial charge < -0.3 is 9.47 Å². The van der Waals surface area contributed by atoms with E-state index in [-0.39, 0.29) is 29.1 Å². The molecule has 20 heavy (non-hydrogen) atoms. The lowest BCUT2D eigenvalue weighted by Gasteiger charge is -2.55. The van der Waals surface area contributed by atoms with Crippen molar-refractivity contribution in [3.8, 4) is 0 Å². The third kappa shape index (κ3) is 2.25. The molecule has 0 aromatic carbocycles. The van der Waals surface area contributed by atoms with E-state index in [1.54, 1.807) is 14.2 Å². The van der Waals surface area contributed by atoms with E-state index in [9.17, 15) is 4.79 Å². The third-order valence-corrected chi connectivity index (χ3v) is 5.53. The van der Waals surface area contributed by atoms with Crippen molar-refractivity contribution in [1.82, 2.24) is 0 Å². The van der Waals surface area contributed by atoms with Gasteiger partial charge in [0.1, 0.15) is 5.60 Å². The summed E-state index contributed by atoms with van der Waals surface area (Å²) in [6.07, 6.45) is 5.27. The zero-order chi connectivity index (χ0) is 15.1. The fourth-order valence-corrected chi connectivity index (χ4v) is 3.99. The molecule has 114 valence electrons. The monoisotopic (exact) mass is 280 g/mol. The lowest BCUT2D eigenvalue weighted by molar-refractivity contribution is -0.201. The minimum absolute atomic E-state index is 0.0285. The van der Waals surface area contributed by atoms with Gasteiger partial charge >= 0.3 is 0 Å². The van der Waals surface area contributed by atoms with Crippen LogP contribution in [0, 0.1) is 17.3 Å². The fraction of sp³-hybridized carbons (Fsp3) is 0.824. The Bertz CT molecular complexity index is 424. The SMILES string of the molecule is COC1C2C(=O)[C@](C)(OC)[C@H]2CC/C(C)=C/CC1(C)C. The summed E-state index contributed by atoms with van der Waals surface area (Å²) < 4.78 is 11.3. The predicted molar refractivity (Wildman–Crippen MR) is 79.6 cm³/mol. The van der Waals surface area contributed by atoms with E-state index in [4.69, 9.17) is 9.47 Å². The standard InChI is InChI=1S/C17H28O3/c1-11-7-8-12-13(14(18)17(12,4)20-6)15(19-5)16(2,3)10-9-11/h9,12-13,15H,7-8,10H2,1-6H3/b11-9+/t12-,13?,15?,17+/m0/s1. The highest BCUT2D eigenvalue weighted by Crippen LogP contribution is 2.52. The van der Waals surface area contributed by atoms with Gasteiger partial charge in [-0.2, -0.15) is 0 Å². The topological polar surface area (TPSA) is 35.5 Å². The Kier molecular flexibility index (Phi) is 4.14. The predicted octanol–water partition coefficient (Wildman–Crippen LogP) is 3.38. The Morgan fingerprint density at radius 3 is 2.45 bits per heavy atom. The molecule has 0 radical (unpaired) electrons. The van der Waals surface area contributed by atoms with Gasteiger partial charge in [0, 0.05) is 20.1 Å². The summed E-state index contributed by atoms with van der Waals surface area (Å²) in [6.45, 7) is 8.52. The zero-order valence-corrected chi connectivity index (χ0v) is 13.7. The van der Waals surface area contributed by atoms with Crippen LogP contribution in [0.15, 0.2) is 11.6 Å².